The number of aromatic nitrogens is 4. The van der Waals surface area contributed by atoms with Crippen molar-refractivity contribution in [2.24, 2.45) is 0 Å². The Kier molecular flexibility index (Phi) is 10.0. The Hall–Kier alpha value is -8.02. The van der Waals surface area contributed by atoms with Gasteiger partial charge in [0.25, 0.3) is 6.71 Å². The molecular formula is C72H65BN4. The highest BCUT2D eigenvalue weighted by atomic mass is 15.0. The van der Waals surface area contributed by atoms with Crippen LogP contribution in [0.5, 0.6) is 0 Å². The highest BCUT2D eigenvalue weighted by Crippen LogP contribution is 2.45. The van der Waals surface area contributed by atoms with E-state index in [1.165, 1.54) is 116 Å². The minimum Gasteiger partial charge on any atom is -0.310 e. The molecular weight excluding hydrogens is 932 g/mol. The second-order valence-corrected chi connectivity index (χ2v) is 26.4. The number of para-hydroxylation sites is 1. The third kappa shape index (κ3) is 7.33. The molecule has 0 bridgehead atoms. The van der Waals surface area contributed by atoms with Gasteiger partial charge in [-0.15, -0.1) is 0 Å². The third-order valence-corrected chi connectivity index (χ3v) is 17.1. The van der Waals surface area contributed by atoms with Crippen molar-refractivity contribution < 1.29 is 0 Å². The molecule has 14 rings (SSSR count). The second kappa shape index (κ2) is 16.3. The van der Waals surface area contributed by atoms with Crippen molar-refractivity contribution in [1.82, 2.24) is 19.1 Å². The molecule has 0 N–H and O–H groups in total. The van der Waals surface area contributed by atoms with Crippen molar-refractivity contribution in [3.63, 3.8) is 0 Å². The Labute approximate surface area is 453 Å². The van der Waals surface area contributed by atoms with Crippen LogP contribution in [-0.2, 0) is 21.7 Å². The van der Waals surface area contributed by atoms with Gasteiger partial charge >= 0.3 is 0 Å². The van der Waals surface area contributed by atoms with Gasteiger partial charge in [-0.05, 0) is 149 Å². The topological polar surface area (TPSA) is 35.6 Å². The maximum atomic E-state index is 5.77. The molecule has 3 aromatic heterocycles. The zero-order valence-electron chi connectivity index (χ0n) is 46.6. The van der Waals surface area contributed by atoms with E-state index >= 15 is 0 Å². The van der Waals surface area contributed by atoms with E-state index in [0.717, 1.165) is 33.5 Å². The number of nitrogens with zero attached hydrogens (tertiary/aromatic N) is 4. The van der Waals surface area contributed by atoms with E-state index in [1.54, 1.807) is 0 Å². The fourth-order valence-electron chi connectivity index (χ4n) is 12.7. The van der Waals surface area contributed by atoms with Gasteiger partial charge in [-0.3, -0.25) is 0 Å². The van der Waals surface area contributed by atoms with Gasteiger partial charge in [0, 0.05) is 60.5 Å². The Bertz CT molecular complexity index is 4230. The highest BCUT2D eigenvalue weighted by molar-refractivity contribution is 7.00. The predicted octanol–water partition coefficient (Wildman–Crippen LogP) is 16.8. The van der Waals surface area contributed by atoms with Crippen LogP contribution in [0.4, 0.5) is 0 Å². The van der Waals surface area contributed by atoms with Crippen LogP contribution in [0.1, 0.15) is 105 Å². The van der Waals surface area contributed by atoms with Crippen LogP contribution in [0.2, 0.25) is 0 Å². The van der Waals surface area contributed by atoms with Gasteiger partial charge in [0.15, 0.2) is 5.82 Å². The molecule has 4 nitrogen and oxygen atoms in total. The molecule has 0 fully saturated rings. The number of fused-ring (bicyclic) bond motifs is 11. The van der Waals surface area contributed by atoms with E-state index in [9.17, 15) is 0 Å². The first-order chi connectivity index (χ1) is 36.7. The summed E-state index contributed by atoms with van der Waals surface area (Å²) in [5.41, 5.74) is 25.2. The maximum Gasteiger partial charge on any atom is 0.252 e. The van der Waals surface area contributed by atoms with E-state index in [1.807, 2.05) is 0 Å². The molecule has 5 heterocycles. The van der Waals surface area contributed by atoms with Gasteiger partial charge in [-0.1, -0.05) is 192 Å². The van der Waals surface area contributed by atoms with Crippen molar-refractivity contribution in [2.45, 2.75) is 105 Å². The molecule has 0 saturated heterocycles. The summed E-state index contributed by atoms with van der Waals surface area (Å²) < 4.78 is 5.25. The van der Waals surface area contributed by atoms with E-state index in [2.05, 4.69) is 268 Å². The summed E-state index contributed by atoms with van der Waals surface area (Å²) in [6.07, 6.45) is 0. The molecule has 5 heteroatoms. The quantitative estimate of drug-likeness (QED) is 0.165. The average Bonchev–Trinajstić information content (AvgIpc) is 3.83. The lowest BCUT2D eigenvalue weighted by Crippen LogP contribution is -2.59. The second-order valence-electron chi connectivity index (χ2n) is 26.4. The largest absolute Gasteiger partial charge is 0.310 e. The first-order valence-corrected chi connectivity index (χ1v) is 27.7. The van der Waals surface area contributed by atoms with E-state index in [4.69, 9.17) is 9.97 Å². The van der Waals surface area contributed by atoms with Crippen LogP contribution in [0, 0.1) is 0 Å². The summed E-state index contributed by atoms with van der Waals surface area (Å²) in [7, 11) is 0. The molecule has 0 saturated carbocycles. The van der Waals surface area contributed by atoms with Crippen LogP contribution < -0.4 is 16.4 Å². The Morgan fingerprint density at radius 3 is 1.25 bits per heavy atom. The van der Waals surface area contributed by atoms with Gasteiger partial charge in [-0.25, -0.2) is 9.97 Å². The zero-order chi connectivity index (χ0) is 53.2. The number of benzene rings is 9. The number of hydrogen-bond donors (Lipinski definition) is 0. The van der Waals surface area contributed by atoms with E-state index in [0.29, 0.717) is 0 Å². The normalized spacial score (nSPS) is 13.4. The molecule has 77 heavy (non-hydrogen) atoms. The first kappa shape index (κ1) is 47.4. The minimum absolute atomic E-state index is 0.0480. The average molecular weight is 997 g/mol. The lowest BCUT2D eigenvalue weighted by Gasteiger charge is -2.36. The standard InChI is InChI=1S/C72H65BN4/c1-69(2,3)48-31-47(32-49(37-48)70(4,5)6)68-74-59-26-20-19-25-52(59)65(75-68)46-35-62-64-63(36-46)77-61-30-28-45(43-23-17-14-18-24-43)34-54(61)56-39-51(72(10,11)12)41-58(67(56)77)73(64)57-40-50(71(7,8)9)38-55-53-33-44(42-21-15-13-16-22-42)27-29-60(53)76(62)66(55)57/h13-41H,1-12H3. The van der Waals surface area contributed by atoms with Crippen molar-refractivity contribution in [3.8, 4) is 56.3 Å². The van der Waals surface area contributed by atoms with Crippen LogP contribution in [0.15, 0.2) is 176 Å². The molecule has 0 atom stereocenters. The van der Waals surface area contributed by atoms with Crippen molar-refractivity contribution >= 4 is 77.6 Å². The summed E-state index contributed by atoms with van der Waals surface area (Å²) in [6.45, 7) is 28.0. The van der Waals surface area contributed by atoms with E-state index in [-0.39, 0.29) is 28.4 Å². The summed E-state index contributed by atoms with van der Waals surface area (Å²) in [5, 5.41) is 6.15. The monoisotopic (exact) mass is 997 g/mol. The maximum absolute atomic E-state index is 5.77. The first-order valence-electron chi connectivity index (χ1n) is 27.7. The fourth-order valence-corrected chi connectivity index (χ4v) is 12.7. The zero-order valence-corrected chi connectivity index (χ0v) is 46.6. The van der Waals surface area contributed by atoms with Crippen molar-refractivity contribution in [3.05, 3.63) is 198 Å². The van der Waals surface area contributed by atoms with Gasteiger partial charge in [-0.2, -0.15) is 0 Å². The van der Waals surface area contributed by atoms with Crippen LogP contribution in [-0.4, -0.2) is 25.8 Å². The van der Waals surface area contributed by atoms with Gasteiger partial charge in [0.05, 0.1) is 22.2 Å². The molecule has 2 aliphatic rings. The molecule has 9 aromatic carbocycles. The van der Waals surface area contributed by atoms with Gasteiger partial charge in [0.1, 0.15) is 0 Å². The highest BCUT2D eigenvalue weighted by Gasteiger charge is 2.43. The third-order valence-electron chi connectivity index (χ3n) is 17.1. The van der Waals surface area contributed by atoms with Gasteiger partial charge < -0.3 is 9.13 Å². The molecule has 2 aliphatic heterocycles. The summed E-state index contributed by atoms with van der Waals surface area (Å²) >= 11 is 0. The lowest BCUT2D eigenvalue weighted by molar-refractivity contribution is 0.569. The SMILES string of the molecule is CC(C)(C)c1cc(-c2nc(-c3cc4c5c(c3)-n3c6ccc(-c7ccccc7)cc6c6cc(C(C)(C)C)cc(c63)B5c3cc(C(C)(C)C)cc5c6cc(-c7ccccc7)ccc6n-4c35)c3ccccc3n2)cc(C(C)(C)C)c1. The smallest absolute Gasteiger partial charge is 0.252 e. The van der Waals surface area contributed by atoms with Crippen molar-refractivity contribution in [2.75, 3.05) is 0 Å². The van der Waals surface area contributed by atoms with Crippen LogP contribution in [0.3, 0.4) is 0 Å². The van der Waals surface area contributed by atoms with Crippen LogP contribution in [0.25, 0.3) is 111 Å². The summed E-state index contributed by atoms with van der Waals surface area (Å²) in [4.78, 5) is 11.2. The number of hydrogen-bond acceptors (Lipinski definition) is 2. The van der Waals surface area contributed by atoms with E-state index < -0.39 is 0 Å². The Morgan fingerprint density at radius 1 is 0.338 bits per heavy atom. The molecule has 376 valence electrons. The summed E-state index contributed by atoms with van der Waals surface area (Å²) in [5.74, 6) is 0.740. The molecule has 0 aliphatic carbocycles. The minimum atomic E-state index is -0.102. The number of rotatable bonds is 4. The predicted molar refractivity (Wildman–Crippen MR) is 329 cm³/mol. The molecule has 0 spiro atoms. The fraction of sp³-hybridized carbons (Fsp3) is 0.222. The summed E-state index contributed by atoms with van der Waals surface area (Å²) in [6, 6.07) is 66.8. The van der Waals surface area contributed by atoms with Crippen molar-refractivity contribution in [1.29, 1.82) is 0 Å². The van der Waals surface area contributed by atoms with Gasteiger partial charge in [0.2, 0.25) is 0 Å². The molecule has 12 aromatic rings. The lowest BCUT2D eigenvalue weighted by atomic mass is 9.34. The molecule has 0 unspecified atom stereocenters. The Morgan fingerprint density at radius 2 is 0.779 bits per heavy atom. The Balaban J connectivity index is 1.15. The van der Waals surface area contributed by atoms with Crippen LogP contribution >= 0.6 is 0 Å². The molecule has 0 amide bonds. The molecule has 0 radical (unpaired) electrons.